The molecule has 0 unspecified atom stereocenters. The molecule has 51 heavy (non-hydrogen) atoms. The molecule has 10 nitrogen and oxygen atoms in total. The van der Waals surface area contributed by atoms with Crippen LogP contribution in [0.25, 0.3) is 10.8 Å². The minimum atomic E-state index is -1.46. The molecule has 4 heterocycles. The molecule has 0 aromatic heterocycles. The fourth-order valence-electron chi connectivity index (χ4n) is 8.35. The van der Waals surface area contributed by atoms with Gasteiger partial charge in [0.2, 0.25) is 11.8 Å². The third kappa shape index (κ3) is 5.84. The van der Waals surface area contributed by atoms with Crippen LogP contribution in [0.2, 0.25) is 0 Å². The van der Waals surface area contributed by atoms with Crippen molar-refractivity contribution >= 4 is 40.2 Å². The number of rotatable bonds is 5. The van der Waals surface area contributed by atoms with Crippen LogP contribution in [0, 0.1) is 17.8 Å². The Bertz CT molecular complexity index is 1890. The molecule has 10 heteroatoms. The zero-order valence-corrected chi connectivity index (χ0v) is 29.4. The van der Waals surface area contributed by atoms with Crippen molar-refractivity contribution in [2.24, 2.45) is 17.8 Å². The Kier molecular flexibility index (Phi) is 9.32. The topological polar surface area (TPSA) is 117 Å². The van der Waals surface area contributed by atoms with Gasteiger partial charge in [0.1, 0.15) is 23.7 Å². The van der Waals surface area contributed by atoms with Crippen LogP contribution < -0.4 is 4.90 Å². The number of aliphatic hydroxyl groups excluding tert-OH is 1. The van der Waals surface area contributed by atoms with Gasteiger partial charge in [0, 0.05) is 25.7 Å². The molecular formula is C41H45N3O7. The van der Waals surface area contributed by atoms with E-state index < -0.39 is 59.6 Å². The van der Waals surface area contributed by atoms with Crippen LogP contribution in [0.1, 0.15) is 45.3 Å². The molecule has 5 bridgehead atoms. The fraction of sp³-hybridized carbons (Fsp3) is 0.415. The van der Waals surface area contributed by atoms with E-state index in [9.17, 15) is 19.5 Å². The maximum Gasteiger partial charge on any atom is 0.313 e. The number of ether oxygens (including phenoxy) is 2. The highest BCUT2D eigenvalue weighted by atomic mass is 16.6. The van der Waals surface area contributed by atoms with Crippen LogP contribution in [0.5, 0.6) is 0 Å². The second kappa shape index (κ2) is 13.7. The Balaban J connectivity index is 1.37. The number of anilines is 1. The summed E-state index contributed by atoms with van der Waals surface area (Å²) in [5.74, 6) is -3.88. The van der Waals surface area contributed by atoms with Gasteiger partial charge in [-0.25, -0.2) is 0 Å². The van der Waals surface area contributed by atoms with Crippen molar-refractivity contribution in [2.75, 3.05) is 25.1 Å². The number of cyclic esters (lactones) is 1. The third-order valence-corrected chi connectivity index (χ3v) is 11.2. The van der Waals surface area contributed by atoms with Crippen LogP contribution in [0.15, 0.2) is 97.1 Å². The fourth-order valence-corrected chi connectivity index (χ4v) is 8.35. The first-order valence-corrected chi connectivity index (χ1v) is 17.8. The normalized spacial score (nSPS) is 31.1. The second-order valence-corrected chi connectivity index (χ2v) is 14.4. The van der Waals surface area contributed by atoms with Crippen LogP contribution in [0.4, 0.5) is 5.69 Å². The SMILES string of the molecule is CC(C)[C@H](CO)N1C(=O)[C@@H]2[C@H]3C(=O)O[C@@H](c4ccccc4)[C@H](C)N(C)C(=O)CC/C=C\CN(c4ccc5ccccc5c4)C(=O)[C@@H]1[C@]21C=C[C@H]3O1. The number of carbonyl (C=O) groups is 4. The van der Waals surface area contributed by atoms with Crippen LogP contribution in [-0.4, -0.2) is 88.6 Å². The lowest BCUT2D eigenvalue weighted by Crippen LogP contribution is -2.59. The van der Waals surface area contributed by atoms with E-state index in [0.717, 1.165) is 10.8 Å². The van der Waals surface area contributed by atoms with E-state index in [1.807, 2.05) is 106 Å². The number of nitrogens with zero attached hydrogens (tertiary/aromatic N) is 3. The lowest BCUT2D eigenvalue weighted by atomic mass is 9.74. The van der Waals surface area contributed by atoms with Gasteiger partial charge in [-0.15, -0.1) is 0 Å². The molecule has 0 aliphatic carbocycles. The van der Waals surface area contributed by atoms with Crippen molar-refractivity contribution < 1.29 is 33.8 Å². The van der Waals surface area contributed by atoms with Gasteiger partial charge in [0.25, 0.3) is 5.91 Å². The van der Waals surface area contributed by atoms with Crippen molar-refractivity contribution in [3.8, 4) is 0 Å². The maximum atomic E-state index is 15.2. The average molecular weight is 692 g/mol. The van der Waals surface area contributed by atoms with Crippen molar-refractivity contribution in [2.45, 2.75) is 69.5 Å². The summed E-state index contributed by atoms with van der Waals surface area (Å²) >= 11 is 0. The Morgan fingerprint density at radius 3 is 2.37 bits per heavy atom. The Morgan fingerprint density at radius 1 is 0.922 bits per heavy atom. The smallest absolute Gasteiger partial charge is 0.313 e. The van der Waals surface area contributed by atoms with Gasteiger partial charge < -0.3 is 29.3 Å². The van der Waals surface area contributed by atoms with Gasteiger partial charge in [0.15, 0.2) is 0 Å². The van der Waals surface area contributed by atoms with Gasteiger partial charge in [0.05, 0.1) is 30.7 Å². The molecule has 1 spiro atoms. The van der Waals surface area contributed by atoms with Crippen molar-refractivity contribution in [3.05, 3.63) is 103 Å². The number of esters is 1. The van der Waals surface area contributed by atoms with Crippen LogP contribution in [0.3, 0.4) is 0 Å². The number of allylic oxidation sites excluding steroid dienone is 1. The van der Waals surface area contributed by atoms with Crippen molar-refractivity contribution in [1.29, 1.82) is 0 Å². The van der Waals surface area contributed by atoms with E-state index in [0.29, 0.717) is 17.7 Å². The van der Waals surface area contributed by atoms with Crippen molar-refractivity contribution in [3.63, 3.8) is 0 Å². The van der Waals surface area contributed by atoms with Crippen LogP contribution in [-0.2, 0) is 28.7 Å². The molecule has 2 fully saturated rings. The van der Waals surface area contributed by atoms with Gasteiger partial charge in [-0.2, -0.15) is 0 Å². The highest BCUT2D eigenvalue weighted by Gasteiger charge is 2.74. The summed E-state index contributed by atoms with van der Waals surface area (Å²) in [6.07, 6.45) is 6.32. The molecule has 1 N–H and O–H groups in total. The number of aliphatic hydroxyl groups is 1. The highest BCUT2D eigenvalue weighted by Crippen LogP contribution is 2.56. The number of hydrogen-bond donors (Lipinski definition) is 1. The summed E-state index contributed by atoms with van der Waals surface area (Å²) < 4.78 is 13.0. The number of hydrogen-bond acceptors (Lipinski definition) is 7. The van der Waals surface area contributed by atoms with Gasteiger partial charge in [-0.3, -0.25) is 19.2 Å². The quantitative estimate of drug-likeness (QED) is 0.301. The number of likely N-dealkylation sites (tertiary alicyclic amines) is 1. The summed E-state index contributed by atoms with van der Waals surface area (Å²) in [6.45, 7) is 5.43. The Labute approximate surface area is 298 Å². The van der Waals surface area contributed by atoms with E-state index in [-0.39, 0.29) is 37.3 Å². The standard InChI is InChI=1S/C41H45N3O7/c1-25(2)31(24-45)44-37-39(48)43(30-19-18-27-13-10-11-16-29(27)23-30)22-12-6-9-17-33(46)42(4)26(3)36(28-14-7-5-8-15-28)50-40(49)34-32-20-21-41(37,51-32)35(34)38(44)47/h5-8,10-16,18-21,23,25-26,31-32,34-37,45H,9,17,22,24H2,1-4H3/b12-6-/t26-,31-,32+,34-,35-,36+,37+,41-/m0/s1. The molecule has 3 aromatic carbocycles. The largest absolute Gasteiger partial charge is 0.455 e. The molecule has 266 valence electrons. The van der Waals surface area contributed by atoms with E-state index in [1.54, 1.807) is 29.0 Å². The summed E-state index contributed by atoms with van der Waals surface area (Å²) in [5.41, 5.74) is -0.122. The summed E-state index contributed by atoms with van der Waals surface area (Å²) in [4.78, 5) is 62.7. The molecule has 0 radical (unpaired) electrons. The van der Waals surface area contributed by atoms with E-state index in [4.69, 9.17) is 9.47 Å². The monoisotopic (exact) mass is 691 g/mol. The van der Waals surface area contributed by atoms with Gasteiger partial charge in [-0.05, 0) is 47.7 Å². The molecule has 2 saturated heterocycles. The summed E-state index contributed by atoms with van der Waals surface area (Å²) in [6, 6.07) is 20.5. The van der Waals surface area contributed by atoms with E-state index in [2.05, 4.69) is 0 Å². The molecule has 4 aliphatic rings. The number of benzene rings is 3. The number of carbonyl (C=O) groups excluding carboxylic acids is 4. The predicted octanol–water partition coefficient (Wildman–Crippen LogP) is 4.82. The number of likely N-dealkylation sites (N-methyl/N-ethyl adjacent to an activating group) is 1. The first-order chi connectivity index (χ1) is 24.6. The van der Waals surface area contributed by atoms with E-state index >= 15 is 4.79 Å². The highest BCUT2D eigenvalue weighted by molar-refractivity contribution is 6.06. The molecule has 3 amide bonds. The minimum absolute atomic E-state index is 0.116. The molecule has 4 aliphatic heterocycles. The van der Waals surface area contributed by atoms with Crippen LogP contribution >= 0.6 is 0 Å². The Hall–Kier alpha value is -4.80. The molecular weight excluding hydrogens is 646 g/mol. The first-order valence-electron chi connectivity index (χ1n) is 17.8. The second-order valence-electron chi connectivity index (χ2n) is 14.4. The lowest BCUT2D eigenvalue weighted by molar-refractivity contribution is -0.164. The molecule has 3 aromatic rings. The van der Waals surface area contributed by atoms with Gasteiger partial charge >= 0.3 is 5.97 Å². The lowest BCUT2D eigenvalue weighted by Gasteiger charge is -2.40. The average Bonchev–Trinajstić information content (AvgIpc) is 3.78. The van der Waals surface area contributed by atoms with Gasteiger partial charge in [-0.1, -0.05) is 98.8 Å². The first kappa shape index (κ1) is 34.6. The maximum absolute atomic E-state index is 15.2. The van der Waals surface area contributed by atoms with E-state index in [1.165, 1.54) is 4.90 Å². The zero-order chi connectivity index (χ0) is 36.0. The zero-order valence-electron chi connectivity index (χ0n) is 29.4. The molecule has 0 saturated carbocycles. The molecule has 8 atom stereocenters. The van der Waals surface area contributed by atoms with Crippen molar-refractivity contribution in [1.82, 2.24) is 9.80 Å². The predicted molar refractivity (Wildman–Crippen MR) is 192 cm³/mol. The molecule has 7 rings (SSSR count). The minimum Gasteiger partial charge on any atom is -0.455 e. The third-order valence-electron chi connectivity index (χ3n) is 11.2. The number of amides is 3. The number of fused-ring (bicyclic) bond motifs is 3. The summed E-state index contributed by atoms with van der Waals surface area (Å²) in [5, 5.41) is 12.7. The Morgan fingerprint density at radius 2 is 1.65 bits per heavy atom. The summed E-state index contributed by atoms with van der Waals surface area (Å²) in [7, 11) is 1.71.